The van der Waals surface area contributed by atoms with Crippen LogP contribution in [0.25, 0.3) is 5.69 Å². The van der Waals surface area contributed by atoms with Crippen molar-refractivity contribution < 1.29 is 9.21 Å². The second-order valence-corrected chi connectivity index (χ2v) is 5.46. The second-order valence-electron chi connectivity index (χ2n) is 5.46. The third kappa shape index (κ3) is 2.73. The van der Waals surface area contributed by atoms with Gasteiger partial charge in [-0.15, -0.1) is 0 Å². The Labute approximate surface area is 132 Å². The number of furan rings is 1. The fourth-order valence-corrected chi connectivity index (χ4v) is 2.72. The topological polar surface area (TPSA) is 85.8 Å². The fraction of sp³-hybridized carbons (Fsp3) is 0.250. The lowest BCUT2D eigenvalue weighted by Crippen LogP contribution is -2.12. The summed E-state index contributed by atoms with van der Waals surface area (Å²) in [6, 6.07) is 5.37. The number of nitrogens with zero attached hydrogens (tertiary/aromatic N) is 4. The van der Waals surface area contributed by atoms with E-state index >= 15 is 0 Å². The van der Waals surface area contributed by atoms with Crippen molar-refractivity contribution in [2.45, 2.75) is 25.7 Å². The molecule has 0 radical (unpaired) electrons. The van der Waals surface area contributed by atoms with Crippen LogP contribution in [0.5, 0.6) is 0 Å². The molecule has 4 rings (SSSR count). The molecule has 3 aromatic heterocycles. The Bertz CT molecular complexity index is 797. The van der Waals surface area contributed by atoms with Gasteiger partial charge in [0.1, 0.15) is 24.2 Å². The first-order valence-electron chi connectivity index (χ1n) is 7.53. The zero-order valence-corrected chi connectivity index (χ0v) is 12.4. The molecule has 0 spiro atoms. The van der Waals surface area contributed by atoms with Crippen molar-refractivity contribution >= 4 is 11.7 Å². The Morgan fingerprint density at radius 2 is 2.17 bits per heavy atom. The number of rotatable bonds is 3. The smallest absolute Gasteiger partial charge is 0.292 e. The molecule has 0 fully saturated rings. The quantitative estimate of drug-likeness (QED) is 0.803. The van der Waals surface area contributed by atoms with Gasteiger partial charge in [0.15, 0.2) is 5.76 Å². The number of amides is 1. The van der Waals surface area contributed by atoms with Crippen molar-refractivity contribution in [2.24, 2.45) is 0 Å². The predicted octanol–water partition coefficient (Wildman–Crippen LogP) is 2.39. The van der Waals surface area contributed by atoms with Gasteiger partial charge in [-0.25, -0.2) is 14.6 Å². The average Bonchev–Trinajstić information content (AvgIpc) is 3.25. The van der Waals surface area contributed by atoms with Crippen molar-refractivity contribution in [2.75, 3.05) is 5.32 Å². The number of hydrogen-bond acceptors (Lipinski definition) is 5. The van der Waals surface area contributed by atoms with Crippen LogP contribution in [0.15, 0.2) is 41.5 Å². The first-order valence-corrected chi connectivity index (χ1v) is 7.53. The lowest BCUT2D eigenvalue weighted by atomic mass is 9.99. The minimum absolute atomic E-state index is 0.277. The van der Waals surface area contributed by atoms with E-state index in [1.165, 1.54) is 6.33 Å². The number of carbonyl (C=O) groups excluding carboxylic acids is 1. The van der Waals surface area contributed by atoms with E-state index in [1.807, 2.05) is 12.1 Å². The molecule has 1 aliphatic rings. The Kier molecular flexibility index (Phi) is 3.38. The van der Waals surface area contributed by atoms with Gasteiger partial charge >= 0.3 is 0 Å². The molecule has 0 unspecified atom stereocenters. The van der Waals surface area contributed by atoms with Crippen LogP contribution in [0.4, 0.5) is 5.82 Å². The van der Waals surface area contributed by atoms with E-state index in [9.17, 15) is 4.79 Å². The van der Waals surface area contributed by atoms with Crippen molar-refractivity contribution in [3.63, 3.8) is 0 Å². The molecular weight excluding hydrogens is 294 g/mol. The van der Waals surface area contributed by atoms with Crippen molar-refractivity contribution in [1.82, 2.24) is 19.7 Å². The van der Waals surface area contributed by atoms with E-state index in [4.69, 9.17) is 4.42 Å². The summed E-state index contributed by atoms with van der Waals surface area (Å²) in [5, 5.41) is 6.78. The second kappa shape index (κ2) is 5.68. The van der Waals surface area contributed by atoms with Crippen molar-refractivity contribution in [3.05, 3.63) is 54.1 Å². The maximum Gasteiger partial charge on any atom is 0.292 e. The zero-order valence-electron chi connectivity index (χ0n) is 12.4. The van der Waals surface area contributed by atoms with Gasteiger partial charge in [0.05, 0.1) is 11.9 Å². The maximum absolute atomic E-state index is 12.3. The van der Waals surface area contributed by atoms with E-state index in [2.05, 4.69) is 20.4 Å². The third-order valence-corrected chi connectivity index (χ3v) is 3.89. The molecule has 0 aromatic carbocycles. The van der Waals surface area contributed by atoms with Gasteiger partial charge in [0.2, 0.25) is 0 Å². The Morgan fingerprint density at radius 1 is 1.26 bits per heavy atom. The number of fused-ring (bicyclic) bond motifs is 1. The standard InChI is InChI=1S/C16H15N5O2/c22-16(14-7-11-3-1-2-4-13(11)23-14)20-15-6-5-12(8-18-15)21-10-17-9-19-21/h5-10H,1-4H2,(H,18,20,22). The van der Waals surface area contributed by atoms with E-state index in [-0.39, 0.29) is 5.91 Å². The first kappa shape index (κ1) is 13.7. The van der Waals surface area contributed by atoms with Crippen LogP contribution in [0.1, 0.15) is 34.7 Å². The van der Waals surface area contributed by atoms with Gasteiger partial charge < -0.3 is 9.73 Å². The van der Waals surface area contributed by atoms with Gasteiger partial charge in [0.25, 0.3) is 5.91 Å². The molecule has 0 atom stereocenters. The largest absolute Gasteiger partial charge is 0.456 e. The van der Waals surface area contributed by atoms with Crippen molar-refractivity contribution in [1.29, 1.82) is 0 Å². The molecule has 0 aliphatic heterocycles. The molecule has 1 amide bonds. The molecule has 3 heterocycles. The summed E-state index contributed by atoms with van der Waals surface area (Å²) in [5.41, 5.74) is 1.92. The number of pyridine rings is 1. The Morgan fingerprint density at radius 3 is 2.91 bits per heavy atom. The van der Waals surface area contributed by atoms with Gasteiger partial charge in [0, 0.05) is 6.42 Å². The predicted molar refractivity (Wildman–Crippen MR) is 82.5 cm³/mol. The normalized spacial score (nSPS) is 13.6. The fourth-order valence-electron chi connectivity index (χ4n) is 2.72. The minimum atomic E-state index is -0.277. The molecule has 1 aliphatic carbocycles. The number of carbonyl (C=O) groups is 1. The summed E-state index contributed by atoms with van der Waals surface area (Å²) in [4.78, 5) is 20.4. The van der Waals surface area contributed by atoms with Crippen LogP contribution in [0, 0.1) is 0 Å². The van der Waals surface area contributed by atoms with Crippen LogP contribution in [0.2, 0.25) is 0 Å². The van der Waals surface area contributed by atoms with E-state index in [0.717, 1.165) is 42.7 Å². The molecule has 1 N–H and O–H groups in total. The summed E-state index contributed by atoms with van der Waals surface area (Å²) < 4.78 is 7.26. The zero-order chi connectivity index (χ0) is 15.6. The number of hydrogen-bond donors (Lipinski definition) is 1. The summed E-state index contributed by atoms with van der Waals surface area (Å²) >= 11 is 0. The van der Waals surface area contributed by atoms with Crippen LogP contribution < -0.4 is 5.32 Å². The van der Waals surface area contributed by atoms with E-state index < -0.39 is 0 Å². The lowest BCUT2D eigenvalue weighted by Gasteiger charge is -2.07. The molecule has 7 nitrogen and oxygen atoms in total. The molecule has 23 heavy (non-hydrogen) atoms. The number of aryl methyl sites for hydroxylation is 2. The number of aromatic nitrogens is 4. The van der Waals surface area contributed by atoms with Crippen LogP contribution in [0.3, 0.4) is 0 Å². The highest BCUT2D eigenvalue weighted by molar-refractivity contribution is 6.01. The molecule has 0 bridgehead atoms. The first-order chi connectivity index (χ1) is 11.3. The van der Waals surface area contributed by atoms with Crippen LogP contribution in [-0.4, -0.2) is 25.7 Å². The Balaban J connectivity index is 1.49. The highest BCUT2D eigenvalue weighted by Gasteiger charge is 2.19. The number of nitrogens with one attached hydrogen (secondary N) is 1. The SMILES string of the molecule is O=C(Nc1ccc(-n2cncn2)cn1)c1cc2c(o1)CCCC2. The minimum Gasteiger partial charge on any atom is -0.456 e. The average molecular weight is 309 g/mol. The highest BCUT2D eigenvalue weighted by atomic mass is 16.4. The highest BCUT2D eigenvalue weighted by Crippen LogP contribution is 2.25. The molecule has 7 heteroatoms. The maximum atomic E-state index is 12.3. The third-order valence-electron chi connectivity index (χ3n) is 3.89. The van der Waals surface area contributed by atoms with Gasteiger partial charge in [-0.1, -0.05) is 0 Å². The van der Waals surface area contributed by atoms with Gasteiger partial charge in [-0.05, 0) is 43.0 Å². The monoisotopic (exact) mass is 309 g/mol. The summed E-state index contributed by atoms with van der Waals surface area (Å²) in [7, 11) is 0. The van der Waals surface area contributed by atoms with Crippen LogP contribution >= 0.6 is 0 Å². The molecule has 3 aromatic rings. The van der Waals surface area contributed by atoms with E-state index in [1.54, 1.807) is 23.3 Å². The lowest BCUT2D eigenvalue weighted by molar-refractivity contribution is 0.0994. The molecule has 116 valence electrons. The van der Waals surface area contributed by atoms with Crippen molar-refractivity contribution in [3.8, 4) is 5.69 Å². The molecular formula is C16H15N5O2. The summed E-state index contributed by atoms with van der Waals surface area (Å²) in [6.45, 7) is 0. The molecule has 0 saturated carbocycles. The van der Waals surface area contributed by atoms with Gasteiger partial charge in [-0.3, -0.25) is 4.79 Å². The van der Waals surface area contributed by atoms with E-state index in [0.29, 0.717) is 11.6 Å². The summed E-state index contributed by atoms with van der Waals surface area (Å²) in [6.07, 6.45) is 8.82. The summed E-state index contributed by atoms with van der Waals surface area (Å²) in [5.74, 6) is 1.48. The van der Waals surface area contributed by atoms with Gasteiger partial charge in [-0.2, -0.15) is 5.10 Å². The number of anilines is 1. The van der Waals surface area contributed by atoms with Crippen LogP contribution in [-0.2, 0) is 12.8 Å². The Hall–Kier alpha value is -2.96. The molecule has 0 saturated heterocycles.